The average molecular weight is 273 g/mol. The molecule has 1 fully saturated rings. The summed E-state index contributed by atoms with van der Waals surface area (Å²) in [5, 5.41) is 6.38. The molecular formula is C12H17ClN2OS. The Hall–Kier alpha value is -0.580. The molecule has 0 aliphatic carbocycles. The molecule has 1 aliphatic rings. The number of rotatable bonds is 3. The Kier molecular flexibility index (Phi) is 4.42. The van der Waals surface area contributed by atoms with E-state index in [2.05, 4.69) is 10.6 Å². The molecule has 2 rings (SSSR count). The van der Waals surface area contributed by atoms with Crippen molar-refractivity contribution in [2.45, 2.75) is 31.7 Å². The van der Waals surface area contributed by atoms with E-state index in [1.54, 1.807) is 0 Å². The summed E-state index contributed by atoms with van der Waals surface area (Å²) in [5.41, 5.74) is 0. The minimum absolute atomic E-state index is 0.0946. The van der Waals surface area contributed by atoms with Crippen molar-refractivity contribution in [3.63, 3.8) is 0 Å². The van der Waals surface area contributed by atoms with Crippen LogP contribution in [-0.4, -0.2) is 25.0 Å². The molecule has 1 amide bonds. The van der Waals surface area contributed by atoms with Gasteiger partial charge in [0.25, 0.3) is 0 Å². The minimum atomic E-state index is -0.116. The van der Waals surface area contributed by atoms with Crippen LogP contribution < -0.4 is 10.6 Å². The highest BCUT2D eigenvalue weighted by atomic mass is 35.5. The molecule has 1 aromatic rings. The molecule has 1 aliphatic heterocycles. The van der Waals surface area contributed by atoms with Gasteiger partial charge < -0.3 is 10.6 Å². The molecule has 0 radical (unpaired) electrons. The number of carbonyl (C=O) groups excluding carboxylic acids is 1. The van der Waals surface area contributed by atoms with Gasteiger partial charge in [0.1, 0.15) is 0 Å². The number of hydrogen-bond acceptors (Lipinski definition) is 3. The second-order valence-corrected chi connectivity index (χ2v) is 6.16. The van der Waals surface area contributed by atoms with E-state index in [0.29, 0.717) is 0 Å². The van der Waals surface area contributed by atoms with Crippen LogP contribution in [-0.2, 0) is 4.79 Å². The van der Waals surface area contributed by atoms with E-state index in [9.17, 15) is 4.79 Å². The third-order valence-electron chi connectivity index (χ3n) is 3.06. The normalized spacial score (nSPS) is 22.1. The molecule has 0 bridgehead atoms. The van der Waals surface area contributed by atoms with Gasteiger partial charge in [0, 0.05) is 17.5 Å². The summed E-state index contributed by atoms with van der Waals surface area (Å²) in [6.07, 6.45) is 2.20. The number of hydrogen-bond donors (Lipinski definition) is 2. The van der Waals surface area contributed by atoms with E-state index in [4.69, 9.17) is 11.6 Å². The molecule has 94 valence electrons. The van der Waals surface area contributed by atoms with Gasteiger partial charge in [-0.15, -0.1) is 11.3 Å². The topological polar surface area (TPSA) is 41.1 Å². The van der Waals surface area contributed by atoms with Crippen LogP contribution in [0.4, 0.5) is 0 Å². The van der Waals surface area contributed by atoms with E-state index in [0.717, 1.165) is 35.1 Å². The zero-order valence-corrected chi connectivity index (χ0v) is 11.4. The molecule has 3 nitrogen and oxygen atoms in total. The van der Waals surface area contributed by atoms with Crippen LogP contribution in [0.15, 0.2) is 12.1 Å². The van der Waals surface area contributed by atoms with Gasteiger partial charge >= 0.3 is 0 Å². The van der Waals surface area contributed by atoms with Gasteiger partial charge in [-0.3, -0.25) is 4.79 Å². The Morgan fingerprint density at radius 2 is 2.47 bits per heavy atom. The van der Waals surface area contributed by atoms with Crippen LogP contribution in [0.2, 0.25) is 4.34 Å². The predicted octanol–water partition coefficient (Wildman–Crippen LogP) is 2.37. The first-order chi connectivity index (χ1) is 8.16. The average Bonchev–Trinajstić information content (AvgIpc) is 2.76. The van der Waals surface area contributed by atoms with Crippen molar-refractivity contribution in [3.05, 3.63) is 21.3 Å². The van der Waals surface area contributed by atoms with Crippen LogP contribution >= 0.6 is 22.9 Å². The molecule has 2 atom stereocenters. The quantitative estimate of drug-likeness (QED) is 0.887. The number of amides is 1. The van der Waals surface area contributed by atoms with Crippen LogP contribution in [0.3, 0.4) is 0 Å². The zero-order chi connectivity index (χ0) is 12.3. The van der Waals surface area contributed by atoms with E-state index in [1.165, 1.54) is 11.3 Å². The zero-order valence-electron chi connectivity index (χ0n) is 9.83. The first-order valence-corrected chi connectivity index (χ1v) is 7.12. The minimum Gasteiger partial charge on any atom is -0.352 e. The molecule has 0 aromatic carbocycles. The summed E-state index contributed by atoms with van der Waals surface area (Å²) in [6, 6.07) is 4.04. The molecule has 2 N–H and O–H groups in total. The Bertz CT molecular complexity index is 388. The van der Waals surface area contributed by atoms with Gasteiger partial charge in [-0.25, -0.2) is 0 Å². The second-order valence-electron chi connectivity index (χ2n) is 4.42. The van der Waals surface area contributed by atoms with Crippen LogP contribution in [0, 0.1) is 0 Å². The smallest absolute Gasteiger partial charge is 0.228 e. The van der Waals surface area contributed by atoms with E-state index >= 15 is 0 Å². The fraction of sp³-hybridized carbons (Fsp3) is 0.583. The van der Waals surface area contributed by atoms with Gasteiger partial charge in [-0.1, -0.05) is 11.6 Å². The van der Waals surface area contributed by atoms with Crippen LogP contribution in [0.1, 0.15) is 30.6 Å². The molecule has 2 heterocycles. The van der Waals surface area contributed by atoms with Crippen molar-refractivity contribution in [1.82, 2.24) is 10.6 Å². The highest BCUT2D eigenvalue weighted by molar-refractivity contribution is 7.16. The van der Waals surface area contributed by atoms with Crippen molar-refractivity contribution < 1.29 is 4.79 Å². The fourth-order valence-corrected chi connectivity index (χ4v) is 3.10. The summed E-state index contributed by atoms with van der Waals surface area (Å²) < 4.78 is 0.735. The number of halogens is 1. The predicted molar refractivity (Wildman–Crippen MR) is 71.8 cm³/mol. The maximum Gasteiger partial charge on any atom is 0.228 e. The number of thiophene rings is 1. The largest absolute Gasteiger partial charge is 0.352 e. The molecule has 1 aromatic heterocycles. The van der Waals surface area contributed by atoms with Crippen molar-refractivity contribution in [2.75, 3.05) is 13.1 Å². The maximum absolute atomic E-state index is 12.0. The monoisotopic (exact) mass is 272 g/mol. The van der Waals surface area contributed by atoms with Crippen molar-refractivity contribution >= 4 is 28.8 Å². The molecular weight excluding hydrogens is 256 g/mol. The fourth-order valence-electron chi connectivity index (χ4n) is 1.99. The Morgan fingerprint density at radius 1 is 1.65 bits per heavy atom. The first-order valence-electron chi connectivity index (χ1n) is 5.93. The van der Waals surface area contributed by atoms with Gasteiger partial charge in [0.05, 0.1) is 10.3 Å². The van der Waals surface area contributed by atoms with E-state index < -0.39 is 0 Å². The van der Waals surface area contributed by atoms with Gasteiger partial charge in [0.2, 0.25) is 5.91 Å². The van der Waals surface area contributed by atoms with Crippen LogP contribution in [0.25, 0.3) is 0 Å². The van der Waals surface area contributed by atoms with Gasteiger partial charge in [0.15, 0.2) is 0 Å². The summed E-state index contributed by atoms with van der Waals surface area (Å²) >= 11 is 7.35. The van der Waals surface area contributed by atoms with E-state index in [1.807, 2.05) is 19.1 Å². The third kappa shape index (κ3) is 3.44. The van der Waals surface area contributed by atoms with E-state index in [-0.39, 0.29) is 17.9 Å². The molecule has 17 heavy (non-hydrogen) atoms. The first kappa shape index (κ1) is 12.9. The lowest BCUT2D eigenvalue weighted by Crippen LogP contribution is -2.46. The van der Waals surface area contributed by atoms with Gasteiger partial charge in [-0.2, -0.15) is 0 Å². The Labute approximate surface area is 111 Å². The Balaban J connectivity index is 1.90. The lowest BCUT2D eigenvalue weighted by atomic mass is 10.1. The van der Waals surface area contributed by atoms with Crippen molar-refractivity contribution in [1.29, 1.82) is 0 Å². The standard InChI is InChI=1S/C12H17ClN2OS/c1-8(10-4-5-11(13)17-10)12(16)15-9-3-2-6-14-7-9/h4-5,8-9,14H,2-3,6-7H2,1H3,(H,15,16). The third-order valence-corrected chi connectivity index (χ3v) is 4.47. The Morgan fingerprint density at radius 3 is 3.06 bits per heavy atom. The molecule has 2 unspecified atom stereocenters. The highest BCUT2D eigenvalue weighted by Crippen LogP contribution is 2.28. The highest BCUT2D eigenvalue weighted by Gasteiger charge is 2.21. The number of nitrogens with one attached hydrogen (secondary N) is 2. The molecule has 0 spiro atoms. The lowest BCUT2D eigenvalue weighted by molar-refractivity contribution is -0.122. The number of piperidine rings is 1. The molecule has 5 heteroatoms. The molecule has 0 saturated carbocycles. The van der Waals surface area contributed by atoms with Gasteiger partial charge in [-0.05, 0) is 38.4 Å². The molecule has 1 saturated heterocycles. The van der Waals surface area contributed by atoms with Crippen molar-refractivity contribution in [2.24, 2.45) is 0 Å². The summed E-state index contributed by atoms with van der Waals surface area (Å²) in [5.74, 6) is -0.0216. The van der Waals surface area contributed by atoms with Crippen molar-refractivity contribution in [3.8, 4) is 0 Å². The summed E-state index contributed by atoms with van der Waals surface area (Å²) in [6.45, 7) is 3.86. The summed E-state index contributed by atoms with van der Waals surface area (Å²) in [4.78, 5) is 13.1. The summed E-state index contributed by atoms with van der Waals surface area (Å²) in [7, 11) is 0. The maximum atomic E-state index is 12.0. The van der Waals surface area contributed by atoms with Crippen LogP contribution in [0.5, 0.6) is 0 Å². The lowest BCUT2D eigenvalue weighted by Gasteiger charge is -2.25. The number of carbonyl (C=O) groups is 1. The SMILES string of the molecule is CC(C(=O)NC1CCCNC1)c1ccc(Cl)s1. The second kappa shape index (κ2) is 5.85.